The lowest BCUT2D eigenvalue weighted by molar-refractivity contribution is -0.0775. The lowest BCUT2D eigenvalue weighted by Crippen LogP contribution is -2.58. The average molecular weight is 420 g/mol. The molecule has 0 radical (unpaired) electrons. The third-order valence-corrected chi connectivity index (χ3v) is 7.43. The van der Waals surface area contributed by atoms with Crippen LogP contribution in [-0.2, 0) is 6.42 Å². The minimum absolute atomic E-state index is 0.255. The molecule has 4 fully saturated rings. The van der Waals surface area contributed by atoms with E-state index in [1.165, 1.54) is 5.56 Å². The van der Waals surface area contributed by atoms with E-state index in [1.807, 2.05) is 12.1 Å². The first kappa shape index (κ1) is 20.7. The zero-order valence-corrected chi connectivity index (χ0v) is 18.3. The highest BCUT2D eigenvalue weighted by Gasteiger charge is 2.43. The summed E-state index contributed by atoms with van der Waals surface area (Å²) in [5.41, 5.74) is 2.55. The molecule has 4 aliphatic heterocycles. The average Bonchev–Trinajstić information content (AvgIpc) is 3.12. The maximum absolute atomic E-state index is 11.3. The number of fused-ring (bicyclic) bond motifs is 3. The second-order valence-corrected chi connectivity index (χ2v) is 9.69. The van der Waals surface area contributed by atoms with Gasteiger partial charge < -0.3 is 20.0 Å². The zero-order chi connectivity index (χ0) is 21.4. The molecule has 2 aromatic rings. The third kappa shape index (κ3) is 4.27. The molecule has 0 spiro atoms. The number of hydrogen-bond donors (Lipinski definition) is 2. The second kappa shape index (κ2) is 8.38. The smallest absolute Gasteiger partial charge is 0.128 e. The van der Waals surface area contributed by atoms with Gasteiger partial charge in [-0.3, -0.25) is 0 Å². The molecular formula is C26H33N3O2. The number of rotatable bonds is 5. The lowest BCUT2D eigenvalue weighted by Gasteiger charge is -2.49. The van der Waals surface area contributed by atoms with Crippen molar-refractivity contribution < 1.29 is 10.2 Å². The van der Waals surface area contributed by atoms with Gasteiger partial charge in [-0.25, -0.2) is 4.98 Å². The molecule has 5 heteroatoms. The molecule has 0 unspecified atom stereocenters. The molecule has 1 aromatic carbocycles. The van der Waals surface area contributed by atoms with Crippen LogP contribution in [0.4, 0.5) is 5.82 Å². The van der Waals surface area contributed by atoms with Crippen LogP contribution < -0.4 is 4.90 Å². The number of aliphatic hydroxyl groups is 2. The number of hydrogen-bond acceptors (Lipinski definition) is 5. The number of benzene rings is 1. The molecule has 6 rings (SSSR count). The maximum atomic E-state index is 11.3. The van der Waals surface area contributed by atoms with Gasteiger partial charge in [-0.2, -0.15) is 0 Å². The molecular weight excluding hydrogens is 386 g/mol. The van der Waals surface area contributed by atoms with E-state index >= 15 is 0 Å². The van der Waals surface area contributed by atoms with Gasteiger partial charge in [-0.15, -0.1) is 0 Å². The van der Waals surface area contributed by atoms with E-state index in [9.17, 15) is 10.2 Å². The molecule has 3 atom stereocenters. The first-order valence-electron chi connectivity index (χ1n) is 11.6. The van der Waals surface area contributed by atoms with Gasteiger partial charge in [0.2, 0.25) is 0 Å². The highest BCUT2D eigenvalue weighted by atomic mass is 16.3. The van der Waals surface area contributed by atoms with Gasteiger partial charge in [0.25, 0.3) is 0 Å². The first-order chi connectivity index (χ1) is 15.0. The fraction of sp³-hybridized carbons (Fsp3) is 0.500. The summed E-state index contributed by atoms with van der Waals surface area (Å²) in [5, 5.41) is 21.5. The topological polar surface area (TPSA) is 59.8 Å². The summed E-state index contributed by atoms with van der Waals surface area (Å²) >= 11 is 0. The Labute approximate surface area is 185 Å². The summed E-state index contributed by atoms with van der Waals surface area (Å²) in [4.78, 5) is 9.58. The normalized spacial score (nSPS) is 32.8. The van der Waals surface area contributed by atoms with E-state index in [1.54, 1.807) is 0 Å². The second-order valence-electron chi connectivity index (χ2n) is 9.69. The molecule has 2 N–H and O–H groups in total. The number of aliphatic hydroxyl groups excluding tert-OH is 1. The summed E-state index contributed by atoms with van der Waals surface area (Å²) in [5.74, 6) is 1.53. The molecule has 2 bridgehead atoms. The Hall–Kier alpha value is -2.21. The van der Waals surface area contributed by atoms with E-state index in [4.69, 9.17) is 4.98 Å². The van der Waals surface area contributed by atoms with E-state index in [0.717, 1.165) is 62.5 Å². The van der Waals surface area contributed by atoms with Crippen LogP contribution in [0, 0.1) is 11.8 Å². The van der Waals surface area contributed by atoms with Gasteiger partial charge in [-0.1, -0.05) is 49.4 Å². The quantitative estimate of drug-likeness (QED) is 0.780. The number of nitrogens with zero attached hydrogens (tertiary/aromatic N) is 3. The van der Waals surface area contributed by atoms with Crippen LogP contribution >= 0.6 is 0 Å². The van der Waals surface area contributed by atoms with Crippen molar-refractivity contribution >= 4 is 11.9 Å². The van der Waals surface area contributed by atoms with Gasteiger partial charge >= 0.3 is 0 Å². The minimum Gasteiger partial charge on any atom is -0.391 e. The summed E-state index contributed by atoms with van der Waals surface area (Å²) in [7, 11) is 0. The van der Waals surface area contributed by atoms with Crippen LogP contribution in [0.3, 0.4) is 0 Å². The third-order valence-electron chi connectivity index (χ3n) is 7.43. The van der Waals surface area contributed by atoms with E-state index < -0.39 is 5.60 Å². The van der Waals surface area contributed by atoms with Crippen LogP contribution in [0.25, 0.3) is 6.08 Å². The van der Waals surface area contributed by atoms with Crippen LogP contribution in [0.2, 0.25) is 0 Å². The Bertz CT molecular complexity index is 929. The number of pyridine rings is 1. The van der Waals surface area contributed by atoms with Gasteiger partial charge in [-0.05, 0) is 55.1 Å². The largest absolute Gasteiger partial charge is 0.391 e. The lowest BCUT2D eigenvalue weighted by atomic mass is 9.75. The molecule has 0 saturated carbocycles. The Morgan fingerprint density at radius 3 is 2.52 bits per heavy atom. The summed E-state index contributed by atoms with van der Waals surface area (Å²) in [6.45, 7) is 6.49. The fourth-order valence-corrected chi connectivity index (χ4v) is 5.40. The standard InChI is InChI=1S/C26H33N3O2/c1-19-16-29(17-24(19)30)25-8-7-21(23(27-25)15-20-5-3-2-4-6-20)9-12-26(31)18-28-13-10-22(26)11-14-28/h2-9,12,19,22,24,30-31H,10-11,13-18H2,1H3/b12-9+/t19-,24-,26-/m1/s1. The summed E-state index contributed by atoms with van der Waals surface area (Å²) in [6, 6.07) is 14.6. The molecule has 0 aliphatic carbocycles. The highest BCUT2D eigenvalue weighted by Crippen LogP contribution is 2.37. The minimum atomic E-state index is -0.742. The van der Waals surface area contributed by atoms with Crippen LogP contribution in [0.1, 0.15) is 36.6 Å². The van der Waals surface area contributed by atoms with Crippen molar-refractivity contribution in [3.8, 4) is 0 Å². The van der Waals surface area contributed by atoms with Gasteiger partial charge in [0, 0.05) is 32.0 Å². The molecule has 0 amide bonds. The zero-order valence-electron chi connectivity index (χ0n) is 18.3. The monoisotopic (exact) mass is 419 g/mol. The molecule has 164 valence electrons. The van der Waals surface area contributed by atoms with Crippen molar-refractivity contribution in [1.29, 1.82) is 0 Å². The van der Waals surface area contributed by atoms with Crippen molar-refractivity contribution in [2.45, 2.75) is 37.9 Å². The van der Waals surface area contributed by atoms with E-state index in [0.29, 0.717) is 12.5 Å². The van der Waals surface area contributed by atoms with Crippen molar-refractivity contribution in [1.82, 2.24) is 9.88 Å². The van der Waals surface area contributed by atoms with Gasteiger partial charge in [0.05, 0.1) is 17.4 Å². The van der Waals surface area contributed by atoms with E-state index in [-0.39, 0.29) is 12.0 Å². The Morgan fingerprint density at radius 1 is 1.10 bits per heavy atom. The van der Waals surface area contributed by atoms with Crippen LogP contribution in [-0.4, -0.2) is 64.5 Å². The summed E-state index contributed by atoms with van der Waals surface area (Å²) in [6.07, 6.45) is 6.70. The van der Waals surface area contributed by atoms with Crippen molar-refractivity contribution in [2.24, 2.45) is 11.8 Å². The van der Waals surface area contributed by atoms with Crippen molar-refractivity contribution in [2.75, 3.05) is 37.6 Å². The fourth-order valence-electron chi connectivity index (χ4n) is 5.40. The van der Waals surface area contributed by atoms with Crippen molar-refractivity contribution in [3.05, 3.63) is 65.4 Å². The van der Waals surface area contributed by atoms with Gasteiger partial charge in [0.1, 0.15) is 5.82 Å². The van der Waals surface area contributed by atoms with Gasteiger partial charge in [0.15, 0.2) is 0 Å². The Morgan fingerprint density at radius 2 is 1.87 bits per heavy atom. The Kier molecular flexibility index (Phi) is 5.59. The maximum Gasteiger partial charge on any atom is 0.128 e. The molecule has 31 heavy (non-hydrogen) atoms. The number of β-amino-alcohol motifs (C(OH)–C–C–N with tert-alkyl or cyclic N) is 1. The molecule has 4 aliphatic rings. The summed E-state index contributed by atoms with van der Waals surface area (Å²) < 4.78 is 0. The first-order valence-corrected chi connectivity index (χ1v) is 11.6. The number of piperidine rings is 3. The molecule has 5 nitrogen and oxygen atoms in total. The molecule has 1 aromatic heterocycles. The van der Waals surface area contributed by atoms with Crippen LogP contribution in [0.15, 0.2) is 48.5 Å². The predicted octanol–water partition coefficient (Wildman–Crippen LogP) is 2.96. The van der Waals surface area contributed by atoms with Crippen LogP contribution in [0.5, 0.6) is 0 Å². The van der Waals surface area contributed by atoms with Crippen molar-refractivity contribution in [3.63, 3.8) is 0 Å². The molecule has 4 saturated heterocycles. The molecule has 5 heterocycles. The highest BCUT2D eigenvalue weighted by molar-refractivity contribution is 5.58. The number of aromatic nitrogens is 1. The predicted molar refractivity (Wildman–Crippen MR) is 124 cm³/mol. The van der Waals surface area contributed by atoms with E-state index in [2.05, 4.69) is 59.2 Å². The number of anilines is 1. The Balaban J connectivity index is 1.44. The SMILES string of the molecule is C[C@@H]1CN(c2ccc(/C=C/[C@@]3(O)CN4CCC3CC4)c(Cc3ccccc3)n2)C[C@H]1O.